The van der Waals surface area contributed by atoms with Crippen molar-refractivity contribution in [2.45, 2.75) is 105 Å². The summed E-state index contributed by atoms with van der Waals surface area (Å²) < 4.78 is 0. The fraction of sp³-hybridized carbons (Fsp3) is 0.917. The van der Waals surface area contributed by atoms with Gasteiger partial charge in [-0.15, -0.1) is 0 Å². The zero-order chi connectivity index (χ0) is 21.9. The molecule has 0 spiro atoms. The van der Waals surface area contributed by atoms with Crippen LogP contribution >= 0.6 is 0 Å². The monoisotopic (exact) mass is 412 g/mol. The predicted molar refractivity (Wildman–Crippen MR) is 122 cm³/mol. The van der Waals surface area contributed by atoms with E-state index in [0.29, 0.717) is 25.4 Å². The van der Waals surface area contributed by atoms with Crippen LogP contribution in [-0.2, 0) is 9.59 Å². The normalized spacial score (nSPS) is 14.5. The van der Waals surface area contributed by atoms with Crippen molar-refractivity contribution in [1.29, 1.82) is 0 Å². The van der Waals surface area contributed by atoms with Gasteiger partial charge in [0.05, 0.1) is 6.54 Å². The van der Waals surface area contributed by atoms with Crippen molar-refractivity contribution in [2.75, 3.05) is 26.2 Å². The van der Waals surface area contributed by atoms with Crippen molar-refractivity contribution in [3.8, 4) is 0 Å². The third-order valence-electron chi connectivity index (χ3n) is 5.60. The SMILES string of the molecule is CC.CC(C)CCCCCCCCCCC(=O)NCC(=O)N1CCC(CO)CC1. The van der Waals surface area contributed by atoms with Crippen LogP contribution in [0.3, 0.4) is 0 Å². The van der Waals surface area contributed by atoms with E-state index in [1.807, 2.05) is 13.8 Å². The Morgan fingerprint density at radius 3 is 1.97 bits per heavy atom. The van der Waals surface area contributed by atoms with E-state index in [1.165, 1.54) is 44.9 Å². The van der Waals surface area contributed by atoms with Gasteiger partial charge in [-0.05, 0) is 31.1 Å². The minimum atomic E-state index is -0.0118. The summed E-state index contributed by atoms with van der Waals surface area (Å²) in [6.45, 7) is 10.3. The van der Waals surface area contributed by atoms with Gasteiger partial charge in [0.1, 0.15) is 0 Å². The van der Waals surface area contributed by atoms with Crippen LogP contribution in [0.15, 0.2) is 0 Å². The molecular weight excluding hydrogens is 364 g/mol. The first-order valence-corrected chi connectivity index (χ1v) is 12.2. The maximum Gasteiger partial charge on any atom is 0.241 e. The van der Waals surface area contributed by atoms with E-state index in [2.05, 4.69) is 19.2 Å². The number of rotatable bonds is 14. The van der Waals surface area contributed by atoms with E-state index < -0.39 is 0 Å². The highest BCUT2D eigenvalue weighted by atomic mass is 16.3. The number of nitrogens with one attached hydrogen (secondary N) is 1. The van der Waals surface area contributed by atoms with Crippen LogP contribution in [0.1, 0.15) is 105 Å². The third-order valence-corrected chi connectivity index (χ3v) is 5.60. The number of nitrogens with zero attached hydrogens (tertiary/aromatic N) is 1. The molecule has 0 aromatic heterocycles. The molecule has 2 amide bonds. The lowest BCUT2D eigenvalue weighted by Crippen LogP contribution is -2.44. The first-order chi connectivity index (χ1) is 14.0. The average molecular weight is 413 g/mol. The topological polar surface area (TPSA) is 69.6 Å². The van der Waals surface area contributed by atoms with Crippen molar-refractivity contribution < 1.29 is 14.7 Å². The summed E-state index contributed by atoms with van der Waals surface area (Å²) in [7, 11) is 0. The maximum absolute atomic E-state index is 12.1. The lowest BCUT2D eigenvalue weighted by atomic mass is 9.98. The van der Waals surface area contributed by atoms with Gasteiger partial charge >= 0.3 is 0 Å². The largest absolute Gasteiger partial charge is 0.396 e. The van der Waals surface area contributed by atoms with Crippen molar-refractivity contribution in [3.05, 3.63) is 0 Å². The Morgan fingerprint density at radius 2 is 1.45 bits per heavy atom. The molecule has 0 saturated carbocycles. The molecule has 0 unspecified atom stereocenters. The van der Waals surface area contributed by atoms with Crippen molar-refractivity contribution in [2.24, 2.45) is 11.8 Å². The second-order valence-corrected chi connectivity index (χ2v) is 8.54. The fourth-order valence-corrected chi connectivity index (χ4v) is 3.64. The Hall–Kier alpha value is -1.10. The maximum atomic E-state index is 12.1. The van der Waals surface area contributed by atoms with Gasteiger partial charge in [0.15, 0.2) is 0 Å². The Bertz CT molecular complexity index is 405. The summed E-state index contributed by atoms with van der Waals surface area (Å²) >= 11 is 0. The van der Waals surface area contributed by atoms with Gasteiger partial charge in [0.25, 0.3) is 0 Å². The van der Waals surface area contributed by atoms with Gasteiger partial charge in [0.2, 0.25) is 11.8 Å². The predicted octanol–water partition coefficient (Wildman–Crippen LogP) is 4.92. The van der Waals surface area contributed by atoms with E-state index in [1.54, 1.807) is 4.90 Å². The minimum absolute atomic E-state index is 0.00259. The Kier molecular flexibility index (Phi) is 18.2. The average Bonchev–Trinajstić information content (AvgIpc) is 2.74. The molecule has 0 aromatic rings. The van der Waals surface area contributed by atoms with E-state index in [9.17, 15) is 9.59 Å². The number of carbonyl (C=O) groups is 2. The molecule has 172 valence electrons. The van der Waals surface area contributed by atoms with E-state index >= 15 is 0 Å². The van der Waals surface area contributed by atoms with E-state index in [-0.39, 0.29) is 25.0 Å². The Labute approximate surface area is 180 Å². The number of aliphatic hydroxyl groups excluding tert-OH is 1. The van der Waals surface area contributed by atoms with Crippen LogP contribution in [-0.4, -0.2) is 48.1 Å². The van der Waals surface area contributed by atoms with Gasteiger partial charge < -0.3 is 15.3 Å². The second-order valence-electron chi connectivity index (χ2n) is 8.54. The molecule has 0 aromatic carbocycles. The number of aliphatic hydroxyl groups is 1. The standard InChI is InChI=1S/C22H42N2O3.C2H6/c1-19(2)11-9-7-5-3-4-6-8-10-12-21(26)23-17-22(27)24-15-13-20(18-25)14-16-24;1-2/h19-20,25H,3-18H2,1-2H3,(H,23,26);1-2H3. The Balaban J connectivity index is 0.00000379. The lowest BCUT2D eigenvalue weighted by Gasteiger charge is -2.31. The summed E-state index contributed by atoms with van der Waals surface area (Å²) in [5, 5.41) is 11.9. The number of likely N-dealkylation sites (tertiary alicyclic amines) is 1. The molecule has 2 N–H and O–H groups in total. The van der Waals surface area contributed by atoms with Gasteiger partial charge in [-0.25, -0.2) is 0 Å². The second kappa shape index (κ2) is 18.9. The van der Waals surface area contributed by atoms with Gasteiger partial charge in [-0.3, -0.25) is 9.59 Å². The molecule has 0 atom stereocenters. The highest BCUT2D eigenvalue weighted by Crippen LogP contribution is 2.16. The molecule has 5 nitrogen and oxygen atoms in total. The van der Waals surface area contributed by atoms with E-state index in [4.69, 9.17) is 5.11 Å². The summed E-state index contributed by atoms with van der Waals surface area (Å²) in [6, 6.07) is 0. The highest BCUT2D eigenvalue weighted by Gasteiger charge is 2.22. The molecule has 0 radical (unpaired) electrons. The molecular formula is C24H48N2O3. The van der Waals surface area contributed by atoms with Crippen molar-refractivity contribution in [1.82, 2.24) is 10.2 Å². The molecule has 29 heavy (non-hydrogen) atoms. The number of unbranched alkanes of at least 4 members (excludes halogenated alkanes) is 7. The molecule has 1 heterocycles. The zero-order valence-corrected chi connectivity index (χ0v) is 19.7. The molecule has 1 saturated heterocycles. The van der Waals surface area contributed by atoms with Crippen LogP contribution in [0.2, 0.25) is 0 Å². The quantitative estimate of drug-likeness (QED) is 0.398. The van der Waals surface area contributed by atoms with Crippen LogP contribution < -0.4 is 5.32 Å². The molecule has 5 heteroatoms. The summed E-state index contributed by atoms with van der Waals surface area (Å²) in [6.07, 6.45) is 13.4. The number of hydrogen-bond acceptors (Lipinski definition) is 3. The molecule has 0 bridgehead atoms. The highest BCUT2D eigenvalue weighted by molar-refractivity contribution is 5.84. The number of carbonyl (C=O) groups excluding carboxylic acids is 2. The summed E-state index contributed by atoms with van der Waals surface area (Å²) in [5.41, 5.74) is 0. The van der Waals surface area contributed by atoms with Gasteiger partial charge in [-0.1, -0.05) is 79.1 Å². The summed E-state index contributed by atoms with van der Waals surface area (Å²) in [5.74, 6) is 1.13. The van der Waals surface area contributed by atoms with Crippen molar-refractivity contribution >= 4 is 11.8 Å². The number of hydrogen-bond donors (Lipinski definition) is 2. The molecule has 1 aliphatic heterocycles. The van der Waals surface area contributed by atoms with Crippen LogP contribution in [0.5, 0.6) is 0 Å². The zero-order valence-electron chi connectivity index (χ0n) is 19.7. The number of amides is 2. The molecule has 1 aliphatic rings. The lowest BCUT2D eigenvalue weighted by molar-refractivity contribution is -0.134. The Morgan fingerprint density at radius 1 is 0.931 bits per heavy atom. The molecule has 1 rings (SSSR count). The summed E-state index contributed by atoms with van der Waals surface area (Å²) in [4.78, 5) is 25.8. The van der Waals surface area contributed by atoms with Gasteiger partial charge in [0, 0.05) is 26.1 Å². The molecule has 1 fully saturated rings. The first-order valence-electron chi connectivity index (χ1n) is 12.2. The first kappa shape index (κ1) is 27.9. The third kappa shape index (κ3) is 15.4. The van der Waals surface area contributed by atoms with Gasteiger partial charge in [-0.2, -0.15) is 0 Å². The number of piperidine rings is 1. The minimum Gasteiger partial charge on any atom is -0.396 e. The van der Waals surface area contributed by atoms with Crippen LogP contribution in [0.4, 0.5) is 0 Å². The van der Waals surface area contributed by atoms with Crippen LogP contribution in [0.25, 0.3) is 0 Å². The fourth-order valence-electron chi connectivity index (χ4n) is 3.64. The van der Waals surface area contributed by atoms with E-state index in [0.717, 1.165) is 31.6 Å². The van der Waals surface area contributed by atoms with Crippen LogP contribution in [0, 0.1) is 11.8 Å². The molecule has 0 aliphatic carbocycles. The van der Waals surface area contributed by atoms with Crippen molar-refractivity contribution in [3.63, 3.8) is 0 Å². The smallest absolute Gasteiger partial charge is 0.241 e.